The second kappa shape index (κ2) is 6.74. The Morgan fingerprint density at radius 1 is 1.28 bits per heavy atom. The van der Waals surface area contributed by atoms with Crippen LogP contribution in [0.5, 0.6) is 5.75 Å². The highest BCUT2D eigenvalue weighted by molar-refractivity contribution is 5.83. The smallest absolute Gasteiger partial charge is 0.314 e. The number of ether oxygens (including phenoxy) is 3. The summed E-state index contributed by atoms with van der Waals surface area (Å²) in [5.74, 6) is -1.12. The topological polar surface area (TPSA) is 82.1 Å². The van der Waals surface area contributed by atoms with Crippen LogP contribution in [0.25, 0.3) is 0 Å². The zero-order valence-corrected chi connectivity index (χ0v) is 14.5. The van der Waals surface area contributed by atoms with Gasteiger partial charge in [0.25, 0.3) is 5.91 Å². The van der Waals surface area contributed by atoms with Gasteiger partial charge in [0.05, 0.1) is 12.6 Å². The van der Waals surface area contributed by atoms with Crippen molar-refractivity contribution in [3.05, 3.63) is 29.3 Å². The van der Waals surface area contributed by atoms with Crippen LogP contribution in [0.3, 0.4) is 0 Å². The first-order chi connectivity index (χ1) is 11.9. The summed E-state index contributed by atoms with van der Waals surface area (Å²) in [6, 6.07) is 5.33. The SMILES string of the molecule is CCOC(=O)[C@@H]1CN(C(=O)COC(C)=O)[C@H]2c3cccc(C)c3O[C@@H]12. The minimum absolute atomic E-state index is 0.182. The number of amides is 1. The fraction of sp³-hybridized carbons (Fsp3) is 0.500. The molecule has 0 aliphatic carbocycles. The normalized spacial score (nSPS) is 23.5. The van der Waals surface area contributed by atoms with Crippen LogP contribution in [0.4, 0.5) is 0 Å². The van der Waals surface area contributed by atoms with Crippen LogP contribution in [0.15, 0.2) is 18.2 Å². The predicted octanol–water partition coefficient (Wildman–Crippen LogP) is 1.38. The molecule has 2 aliphatic rings. The van der Waals surface area contributed by atoms with E-state index in [1.54, 1.807) is 11.8 Å². The van der Waals surface area contributed by atoms with E-state index in [9.17, 15) is 14.4 Å². The molecule has 3 rings (SSSR count). The fourth-order valence-corrected chi connectivity index (χ4v) is 3.48. The van der Waals surface area contributed by atoms with E-state index in [1.165, 1.54) is 6.92 Å². The number of hydrogen-bond donors (Lipinski definition) is 0. The summed E-state index contributed by atoms with van der Waals surface area (Å²) in [5, 5.41) is 0. The van der Waals surface area contributed by atoms with Crippen LogP contribution < -0.4 is 4.74 Å². The predicted molar refractivity (Wildman–Crippen MR) is 86.8 cm³/mol. The molecular weight excluding hydrogens is 326 g/mol. The molecule has 2 aliphatic heterocycles. The number of carbonyl (C=O) groups excluding carboxylic acids is 3. The number of hydrogen-bond acceptors (Lipinski definition) is 6. The molecule has 0 bridgehead atoms. The average molecular weight is 347 g/mol. The first-order valence-electron chi connectivity index (χ1n) is 8.29. The Bertz CT molecular complexity index is 716. The van der Waals surface area contributed by atoms with Crippen LogP contribution >= 0.6 is 0 Å². The van der Waals surface area contributed by atoms with E-state index < -0.39 is 18.0 Å². The average Bonchev–Trinajstić information content (AvgIpc) is 3.11. The van der Waals surface area contributed by atoms with Crippen molar-refractivity contribution in [2.75, 3.05) is 19.8 Å². The van der Waals surface area contributed by atoms with Crippen molar-refractivity contribution < 1.29 is 28.6 Å². The number of carbonyl (C=O) groups is 3. The van der Waals surface area contributed by atoms with Crippen molar-refractivity contribution in [2.45, 2.75) is 32.9 Å². The summed E-state index contributed by atoms with van der Waals surface area (Å²) >= 11 is 0. The van der Waals surface area contributed by atoms with Crippen molar-refractivity contribution in [1.29, 1.82) is 0 Å². The summed E-state index contributed by atoms with van der Waals surface area (Å²) in [7, 11) is 0. The van der Waals surface area contributed by atoms with Crippen molar-refractivity contribution in [3.8, 4) is 5.75 Å². The Balaban J connectivity index is 1.91. The maximum absolute atomic E-state index is 12.6. The second-order valence-electron chi connectivity index (χ2n) is 6.21. The third kappa shape index (κ3) is 3.06. The third-order valence-corrected chi connectivity index (χ3v) is 4.56. The summed E-state index contributed by atoms with van der Waals surface area (Å²) in [6.07, 6.45) is -0.489. The summed E-state index contributed by atoms with van der Waals surface area (Å²) in [4.78, 5) is 37.4. The van der Waals surface area contributed by atoms with E-state index in [0.717, 1.165) is 11.1 Å². The lowest BCUT2D eigenvalue weighted by Crippen LogP contribution is -2.35. The van der Waals surface area contributed by atoms with Gasteiger partial charge in [-0.05, 0) is 19.4 Å². The van der Waals surface area contributed by atoms with Crippen LogP contribution in [-0.4, -0.2) is 48.6 Å². The van der Waals surface area contributed by atoms with E-state index in [-0.39, 0.29) is 37.7 Å². The molecule has 0 unspecified atom stereocenters. The monoisotopic (exact) mass is 347 g/mol. The van der Waals surface area contributed by atoms with E-state index in [2.05, 4.69) is 0 Å². The molecular formula is C18H21NO6. The molecule has 134 valence electrons. The highest BCUT2D eigenvalue weighted by Crippen LogP contribution is 2.49. The molecule has 2 heterocycles. The van der Waals surface area contributed by atoms with Crippen molar-refractivity contribution in [1.82, 2.24) is 4.90 Å². The lowest BCUT2D eigenvalue weighted by Gasteiger charge is -2.22. The minimum atomic E-state index is -0.571. The number of likely N-dealkylation sites (tertiary alicyclic amines) is 1. The lowest BCUT2D eigenvalue weighted by atomic mass is 9.98. The van der Waals surface area contributed by atoms with Crippen molar-refractivity contribution >= 4 is 17.8 Å². The first kappa shape index (κ1) is 17.3. The van der Waals surface area contributed by atoms with Crippen molar-refractivity contribution in [2.24, 2.45) is 5.92 Å². The van der Waals surface area contributed by atoms with Gasteiger partial charge >= 0.3 is 11.9 Å². The molecule has 0 radical (unpaired) electrons. The van der Waals surface area contributed by atoms with Gasteiger partial charge < -0.3 is 19.1 Å². The Morgan fingerprint density at radius 2 is 2.04 bits per heavy atom. The number of benzene rings is 1. The number of esters is 2. The minimum Gasteiger partial charge on any atom is -0.486 e. The highest BCUT2D eigenvalue weighted by Gasteiger charge is 2.54. The molecule has 0 spiro atoms. The number of para-hydroxylation sites is 1. The van der Waals surface area contributed by atoms with Gasteiger partial charge in [0, 0.05) is 19.0 Å². The molecule has 7 heteroatoms. The van der Waals surface area contributed by atoms with Gasteiger partial charge in [0.2, 0.25) is 0 Å². The molecule has 7 nitrogen and oxygen atoms in total. The van der Waals surface area contributed by atoms with E-state index in [0.29, 0.717) is 5.75 Å². The van der Waals surface area contributed by atoms with Gasteiger partial charge in [-0.1, -0.05) is 18.2 Å². The maximum Gasteiger partial charge on any atom is 0.314 e. The molecule has 1 saturated heterocycles. The second-order valence-corrected chi connectivity index (χ2v) is 6.21. The Kier molecular flexibility index (Phi) is 4.65. The molecule has 1 fully saturated rings. The molecule has 1 aromatic rings. The van der Waals surface area contributed by atoms with Crippen LogP contribution in [0.2, 0.25) is 0 Å². The van der Waals surface area contributed by atoms with Gasteiger partial charge in [-0.3, -0.25) is 14.4 Å². The zero-order chi connectivity index (χ0) is 18.1. The Labute approximate surface area is 145 Å². The molecule has 0 saturated carbocycles. The molecule has 25 heavy (non-hydrogen) atoms. The van der Waals surface area contributed by atoms with Gasteiger partial charge in [-0.2, -0.15) is 0 Å². The number of fused-ring (bicyclic) bond motifs is 3. The van der Waals surface area contributed by atoms with Gasteiger partial charge in [0.1, 0.15) is 17.8 Å². The Morgan fingerprint density at radius 3 is 2.72 bits per heavy atom. The molecule has 0 N–H and O–H groups in total. The van der Waals surface area contributed by atoms with Crippen LogP contribution in [0.1, 0.15) is 31.0 Å². The molecule has 3 atom stereocenters. The van der Waals surface area contributed by atoms with E-state index in [1.807, 2.05) is 25.1 Å². The number of rotatable bonds is 4. The van der Waals surface area contributed by atoms with E-state index in [4.69, 9.17) is 14.2 Å². The quantitative estimate of drug-likeness (QED) is 0.766. The van der Waals surface area contributed by atoms with E-state index >= 15 is 0 Å². The molecule has 1 aromatic carbocycles. The van der Waals surface area contributed by atoms with Gasteiger partial charge in [-0.25, -0.2) is 0 Å². The van der Waals surface area contributed by atoms with Crippen LogP contribution in [0, 0.1) is 12.8 Å². The maximum atomic E-state index is 12.6. The summed E-state index contributed by atoms with van der Waals surface area (Å²) in [6.45, 7) is 5.00. The van der Waals surface area contributed by atoms with Crippen LogP contribution in [-0.2, 0) is 23.9 Å². The standard InChI is InChI=1S/C18H21NO6/c1-4-23-18(22)13-8-19(14(21)9-24-11(3)20)15-12-7-5-6-10(2)16(12)25-17(13)15/h5-7,13,15,17H,4,8-9H2,1-3H3/t13-,15+,17+/m1/s1. The first-order valence-corrected chi connectivity index (χ1v) is 8.29. The third-order valence-electron chi connectivity index (χ3n) is 4.56. The molecule has 0 aromatic heterocycles. The number of nitrogens with zero attached hydrogens (tertiary/aromatic N) is 1. The highest BCUT2D eigenvalue weighted by atomic mass is 16.5. The van der Waals surface area contributed by atoms with Crippen molar-refractivity contribution in [3.63, 3.8) is 0 Å². The largest absolute Gasteiger partial charge is 0.486 e. The van der Waals surface area contributed by atoms with Gasteiger partial charge in [0.15, 0.2) is 6.61 Å². The number of aryl methyl sites for hydroxylation is 1. The Hall–Kier alpha value is -2.57. The lowest BCUT2D eigenvalue weighted by molar-refractivity contribution is -0.151. The summed E-state index contributed by atoms with van der Waals surface area (Å²) in [5.41, 5.74) is 1.81. The fourth-order valence-electron chi connectivity index (χ4n) is 3.48. The summed E-state index contributed by atoms with van der Waals surface area (Å²) < 4.78 is 16.0. The molecule has 1 amide bonds. The van der Waals surface area contributed by atoms with Gasteiger partial charge in [-0.15, -0.1) is 0 Å². The zero-order valence-electron chi connectivity index (χ0n) is 14.5.